The highest BCUT2D eigenvalue weighted by molar-refractivity contribution is 6.00. The number of pyridine rings is 1. The Bertz CT molecular complexity index is 2750. The maximum absolute atomic E-state index is 11.7. The highest BCUT2D eigenvalue weighted by Gasteiger charge is 2.27. The predicted molar refractivity (Wildman–Crippen MR) is 224 cm³/mol. The van der Waals surface area contributed by atoms with Crippen LogP contribution in [0.3, 0.4) is 0 Å². The Morgan fingerprint density at radius 3 is 2.16 bits per heavy atom. The lowest BCUT2D eigenvalue weighted by atomic mass is 9.83. The van der Waals surface area contributed by atoms with Crippen LogP contribution in [0.1, 0.15) is 82.6 Å². The summed E-state index contributed by atoms with van der Waals surface area (Å²) in [5, 5.41) is 23.2. The lowest BCUT2D eigenvalue weighted by Crippen LogP contribution is -2.11. The van der Waals surface area contributed by atoms with E-state index in [1.165, 1.54) is 0 Å². The topological polar surface area (TPSA) is 87.9 Å². The number of nitrogens with zero attached hydrogens (tertiary/aromatic N) is 4. The molecule has 3 aromatic heterocycles. The standard InChI is InChI=1S/C49H44N4O2/c1-29(2)38-14-11-15-39(30(3)4)47(38)53-42-17-16-34(28-50)45(46(42)52-48(53)40-27-44-33(19-21-55-44)26-43(40)54)36-22-35(23-37(24-36)49(5,6)7)41-25-32(18-20-51-41)31-12-9-8-10-13-31/h8-27,29-30,54H,1-7H3. The monoisotopic (exact) mass is 720 g/mol. The third-order valence-electron chi connectivity index (χ3n) is 10.6. The van der Waals surface area contributed by atoms with Gasteiger partial charge in [-0.3, -0.25) is 9.55 Å². The van der Waals surface area contributed by atoms with E-state index in [0.717, 1.165) is 66.8 Å². The Labute approximate surface area is 322 Å². The number of phenols is 1. The highest BCUT2D eigenvalue weighted by atomic mass is 16.3. The molecule has 5 aromatic carbocycles. The van der Waals surface area contributed by atoms with Gasteiger partial charge in [-0.2, -0.15) is 5.26 Å². The van der Waals surface area contributed by atoms with Gasteiger partial charge in [0.15, 0.2) is 0 Å². The van der Waals surface area contributed by atoms with Gasteiger partial charge in [0.1, 0.15) is 17.2 Å². The Kier molecular flexibility index (Phi) is 8.90. The number of nitriles is 1. The van der Waals surface area contributed by atoms with Crippen molar-refractivity contribution in [3.05, 3.63) is 144 Å². The maximum Gasteiger partial charge on any atom is 0.149 e. The summed E-state index contributed by atoms with van der Waals surface area (Å²) < 4.78 is 8.04. The summed E-state index contributed by atoms with van der Waals surface area (Å²) in [4.78, 5) is 10.3. The van der Waals surface area contributed by atoms with E-state index < -0.39 is 0 Å². The van der Waals surface area contributed by atoms with Crippen LogP contribution in [-0.2, 0) is 5.41 Å². The molecular weight excluding hydrogens is 677 g/mol. The SMILES string of the molecule is CC(C)c1cccc(C(C)C)c1-n1c(-c2cc3occc3cc2O)nc2c(-c3cc(-c4cc(-c5ccccc5)ccn4)cc(C(C)(C)C)c3)c(C#N)ccc21. The van der Waals surface area contributed by atoms with E-state index in [0.29, 0.717) is 28.1 Å². The van der Waals surface area contributed by atoms with Crippen molar-refractivity contribution < 1.29 is 9.52 Å². The second-order valence-corrected chi connectivity index (χ2v) is 16.0. The average Bonchev–Trinajstić information content (AvgIpc) is 3.80. The van der Waals surface area contributed by atoms with E-state index >= 15 is 0 Å². The van der Waals surface area contributed by atoms with Gasteiger partial charge in [0.25, 0.3) is 0 Å². The molecule has 0 aliphatic heterocycles. The third kappa shape index (κ3) is 6.36. The van der Waals surface area contributed by atoms with Crippen LogP contribution in [0.4, 0.5) is 0 Å². The summed E-state index contributed by atoms with van der Waals surface area (Å²) in [5.41, 5.74) is 13.1. The number of para-hydroxylation sites is 1. The van der Waals surface area contributed by atoms with Crippen molar-refractivity contribution in [2.75, 3.05) is 0 Å². The second kappa shape index (κ2) is 13.8. The van der Waals surface area contributed by atoms with Gasteiger partial charge in [-0.1, -0.05) is 103 Å². The summed E-state index contributed by atoms with van der Waals surface area (Å²) in [6, 6.07) is 39.3. The van der Waals surface area contributed by atoms with Gasteiger partial charge in [-0.25, -0.2) is 4.98 Å². The van der Waals surface area contributed by atoms with Crippen molar-refractivity contribution in [1.29, 1.82) is 5.26 Å². The van der Waals surface area contributed by atoms with E-state index in [1.807, 2.05) is 54.7 Å². The zero-order valence-electron chi connectivity index (χ0n) is 32.3. The van der Waals surface area contributed by atoms with Crippen LogP contribution >= 0.6 is 0 Å². The van der Waals surface area contributed by atoms with Crippen LogP contribution < -0.4 is 0 Å². The summed E-state index contributed by atoms with van der Waals surface area (Å²) in [6.45, 7) is 15.4. The fraction of sp³-hybridized carbons (Fsp3) is 0.204. The van der Waals surface area contributed by atoms with Gasteiger partial charge >= 0.3 is 0 Å². The molecule has 0 unspecified atom stereocenters. The number of aromatic hydroxyl groups is 1. The van der Waals surface area contributed by atoms with Crippen molar-refractivity contribution in [2.45, 2.75) is 65.7 Å². The number of hydrogen-bond acceptors (Lipinski definition) is 5. The molecule has 0 radical (unpaired) electrons. The highest BCUT2D eigenvalue weighted by Crippen LogP contribution is 2.44. The van der Waals surface area contributed by atoms with Crippen molar-refractivity contribution in [1.82, 2.24) is 14.5 Å². The van der Waals surface area contributed by atoms with E-state index in [2.05, 4.69) is 114 Å². The van der Waals surface area contributed by atoms with Gasteiger partial charge in [0.05, 0.1) is 45.9 Å². The minimum Gasteiger partial charge on any atom is -0.507 e. The molecule has 0 spiro atoms. The fourth-order valence-electron chi connectivity index (χ4n) is 7.63. The number of phenolic OH excluding ortho intramolecular Hbond substituents is 1. The van der Waals surface area contributed by atoms with Crippen LogP contribution in [0.25, 0.3) is 72.6 Å². The zero-order valence-corrected chi connectivity index (χ0v) is 32.3. The molecule has 0 fully saturated rings. The van der Waals surface area contributed by atoms with Gasteiger partial charge in [0, 0.05) is 22.7 Å². The largest absolute Gasteiger partial charge is 0.507 e. The first-order valence-electron chi connectivity index (χ1n) is 18.9. The number of hydrogen-bond donors (Lipinski definition) is 1. The zero-order chi connectivity index (χ0) is 38.6. The molecule has 8 aromatic rings. The molecule has 272 valence electrons. The lowest BCUT2D eigenvalue weighted by molar-refractivity contribution is 0.477. The second-order valence-electron chi connectivity index (χ2n) is 16.0. The molecular formula is C49H44N4O2. The smallest absolute Gasteiger partial charge is 0.149 e. The predicted octanol–water partition coefficient (Wildman–Crippen LogP) is 13.0. The molecule has 8 rings (SSSR count). The molecule has 0 atom stereocenters. The molecule has 1 N–H and O–H groups in total. The molecule has 0 bridgehead atoms. The minimum atomic E-state index is -0.209. The summed E-state index contributed by atoms with van der Waals surface area (Å²) in [6.07, 6.45) is 3.49. The molecule has 0 saturated carbocycles. The Balaban J connectivity index is 1.47. The first-order valence-corrected chi connectivity index (χ1v) is 18.9. The van der Waals surface area contributed by atoms with Crippen molar-refractivity contribution in [3.63, 3.8) is 0 Å². The normalized spacial score (nSPS) is 11.9. The summed E-state index contributed by atoms with van der Waals surface area (Å²) in [5.74, 6) is 1.06. The van der Waals surface area contributed by atoms with Crippen molar-refractivity contribution >= 4 is 22.0 Å². The molecule has 55 heavy (non-hydrogen) atoms. The Morgan fingerprint density at radius 1 is 0.745 bits per heavy atom. The van der Waals surface area contributed by atoms with Crippen LogP contribution in [0, 0.1) is 11.3 Å². The number of aromatic nitrogens is 3. The maximum atomic E-state index is 11.7. The van der Waals surface area contributed by atoms with E-state index in [1.54, 1.807) is 12.3 Å². The minimum absolute atomic E-state index is 0.0991. The molecule has 0 saturated heterocycles. The fourth-order valence-corrected chi connectivity index (χ4v) is 7.63. The molecule has 3 heterocycles. The van der Waals surface area contributed by atoms with Crippen molar-refractivity contribution in [3.8, 4) is 62.4 Å². The molecule has 0 aliphatic rings. The van der Waals surface area contributed by atoms with Gasteiger partial charge < -0.3 is 9.52 Å². The van der Waals surface area contributed by atoms with E-state index in [9.17, 15) is 10.4 Å². The molecule has 0 aliphatic carbocycles. The number of benzene rings is 5. The Morgan fingerprint density at radius 2 is 1.47 bits per heavy atom. The average molecular weight is 721 g/mol. The van der Waals surface area contributed by atoms with E-state index in [-0.39, 0.29) is 23.0 Å². The molecule has 6 heteroatoms. The summed E-state index contributed by atoms with van der Waals surface area (Å²) >= 11 is 0. The van der Waals surface area contributed by atoms with Gasteiger partial charge in [-0.05, 0) is 105 Å². The quantitative estimate of drug-likeness (QED) is 0.177. The number of imidazole rings is 1. The first-order chi connectivity index (χ1) is 26.4. The van der Waals surface area contributed by atoms with Crippen LogP contribution in [0.15, 0.2) is 126 Å². The molecule has 6 nitrogen and oxygen atoms in total. The number of furan rings is 1. The summed E-state index contributed by atoms with van der Waals surface area (Å²) in [7, 11) is 0. The number of rotatable bonds is 7. The Hall–Kier alpha value is -6.45. The third-order valence-corrected chi connectivity index (χ3v) is 10.6. The van der Waals surface area contributed by atoms with Crippen molar-refractivity contribution in [2.24, 2.45) is 0 Å². The van der Waals surface area contributed by atoms with Gasteiger partial charge in [0.2, 0.25) is 0 Å². The lowest BCUT2D eigenvalue weighted by Gasteiger charge is -2.23. The number of fused-ring (bicyclic) bond motifs is 2. The first kappa shape index (κ1) is 35.6. The van der Waals surface area contributed by atoms with Gasteiger partial charge in [-0.15, -0.1) is 0 Å². The van der Waals surface area contributed by atoms with Crippen LogP contribution in [-0.4, -0.2) is 19.6 Å². The molecule has 0 amide bonds. The van der Waals surface area contributed by atoms with E-state index in [4.69, 9.17) is 14.4 Å². The van der Waals surface area contributed by atoms with Crippen LogP contribution in [0.5, 0.6) is 5.75 Å². The van der Waals surface area contributed by atoms with Crippen LogP contribution in [0.2, 0.25) is 0 Å².